The second kappa shape index (κ2) is 8.52. The first-order valence-electron chi connectivity index (χ1n) is 10.1. The van der Waals surface area contributed by atoms with E-state index in [1.165, 1.54) is 11.8 Å². The lowest BCUT2D eigenvalue weighted by atomic mass is 10.1. The monoisotopic (exact) mass is 423 g/mol. The molecule has 6 nitrogen and oxygen atoms in total. The first kappa shape index (κ1) is 20.5. The zero-order valence-electron chi connectivity index (χ0n) is 17.4. The third-order valence-corrected chi connectivity index (χ3v) is 5.94. The van der Waals surface area contributed by atoms with Gasteiger partial charge in [-0.3, -0.25) is 14.2 Å². The molecule has 3 aromatic rings. The number of nitrogens with zero attached hydrogens (tertiary/aromatic N) is 3. The second-order valence-electron chi connectivity index (χ2n) is 7.87. The van der Waals surface area contributed by atoms with Crippen molar-refractivity contribution in [2.75, 3.05) is 23.8 Å². The van der Waals surface area contributed by atoms with Crippen molar-refractivity contribution in [2.24, 2.45) is 5.92 Å². The Morgan fingerprint density at radius 3 is 2.83 bits per heavy atom. The van der Waals surface area contributed by atoms with Gasteiger partial charge in [0.05, 0.1) is 28.9 Å². The number of ether oxygens (including phenoxy) is 1. The summed E-state index contributed by atoms with van der Waals surface area (Å²) >= 11 is 1.32. The van der Waals surface area contributed by atoms with Crippen LogP contribution in [0.4, 0.5) is 5.69 Å². The van der Waals surface area contributed by atoms with E-state index in [1.807, 2.05) is 43.3 Å². The number of rotatable bonds is 5. The van der Waals surface area contributed by atoms with Gasteiger partial charge in [0.25, 0.3) is 5.56 Å². The van der Waals surface area contributed by atoms with E-state index in [1.54, 1.807) is 15.5 Å². The normalized spacial score (nSPS) is 13.4. The Morgan fingerprint density at radius 1 is 1.23 bits per heavy atom. The minimum Gasteiger partial charge on any atom is -0.490 e. The van der Waals surface area contributed by atoms with E-state index < -0.39 is 0 Å². The molecule has 1 amide bonds. The number of aromatic nitrogens is 2. The van der Waals surface area contributed by atoms with Gasteiger partial charge in [-0.05, 0) is 42.7 Å². The average molecular weight is 424 g/mol. The van der Waals surface area contributed by atoms with E-state index >= 15 is 0 Å². The van der Waals surface area contributed by atoms with Crippen molar-refractivity contribution in [3.8, 4) is 5.75 Å². The highest BCUT2D eigenvalue weighted by atomic mass is 32.2. The largest absolute Gasteiger partial charge is 0.490 e. The van der Waals surface area contributed by atoms with Crippen LogP contribution in [-0.2, 0) is 11.3 Å². The molecule has 0 radical (unpaired) electrons. The highest BCUT2D eigenvalue weighted by Crippen LogP contribution is 2.33. The maximum Gasteiger partial charge on any atom is 0.262 e. The number of thioether (sulfide) groups is 1. The zero-order chi connectivity index (χ0) is 21.3. The summed E-state index contributed by atoms with van der Waals surface area (Å²) in [5, 5.41) is 1.19. The van der Waals surface area contributed by atoms with Gasteiger partial charge >= 0.3 is 0 Å². The fourth-order valence-corrected chi connectivity index (χ4v) is 4.46. The lowest BCUT2D eigenvalue weighted by Gasteiger charge is -2.29. The molecule has 4 rings (SSSR count). The molecule has 0 aliphatic carbocycles. The molecule has 156 valence electrons. The molecule has 0 unspecified atom stereocenters. The van der Waals surface area contributed by atoms with Crippen LogP contribution in [-0.4, -0.2) is 34.4 Å². The molecule has 0 N–H and O–H groups in total. The molecule has 0 saturated carbocycles. The van der Waals surface area contributed by atoms with Crippen molar-refractivity contribution in [3.63, 3.8) is 0 Å². The quantitative estimate of drug-likeness (QED) is 0.460. The SMILES string of the molecule is Cc1ccc2c(c1)N(C(=O)CSc1nc3ccccc3c(=O)n1CC(C)C)CCO2. The Morgan fingerprint density at radius 2 is 2.03 bits per heavy atom. The predicted octanol–water partition coefficient (Wildman–Crippen LogP) is 3.88. The summed E-state index contributed by atoms with van der Waals surface area (Å²) in [6.07, 6.45) is 0. The van der Waals surface area contributed by atoms with Gasteiger partial charge in [-0.1, -0.05) is 43.8 Å². The van der Waals surface area contributed by atoms with Crippen LogP contribution in [0.15, 0.2) is 52.4 Å². The van der Waals surface area contributed by atoms with Crippen molar-refractivity contribution in [2.45, 2.75) is 32.5 Å². The van der Waals surface area contributed by atoms with E-state index in [9.17, 15) is 9.59 Å². The molecule has 0 fully saturated rings. The third kappa shape index (κ3) is 4.07. The van der Waals surface area contributed by atoms with Crippen LogP contribution in [0.1, 0.15) is 19.4 Å². The number of fused-ring (bicyclic) bond motifs is 2. The Hall–Kier alpha value is -2.80. The van der Waals surface area contributed by atoms with Gasteiger partial charge in [-0.15, -0.1) is 0 Å². The lowest BCUT2D eigenvalue weighted by molar-refractivity contribution is -0.116. The number of aryl methyl sites for hydroxylation is 1. The van der Waals surface area contributed by atoms with Crippen molar-refractivity contribution in [3.05, 3.63) is 58.4 Å². The Labute approximate surface area is 179 Å². The minimum atomic E-state index is -0.0587. The number of hydrogen-bond acceptors (Lipinski definition) is 5. The zero-order valence-corrected chi connectivity index (χ0v) is 18.2. The molecule has 0 atom stereocenters. The van der Waals surface area contributed by atoms with Gasteiger partial charge in [-0.2, -0.15) is 0 Å². The molecule has 0 bridgehead atoms. The van der Waals surface area contributed by atoms with Crippen LogP contribution >= 0.6 is 11.8 Å². The van der Waals surface area contributed by atoms with Gasteiger partial charge < -0.3 is 9.64 Å². The van der Waals surface area contributed by atoms with Gasteiger partial charge in [0.1, 0.15) is 12.4 Å². The van der Waals surface area contributed by atoms with Crippen LogP contribution in [0, 0.1) is 12.8 Å². The summed E-state index contributed by atoms with van der Waals surface area (Å²) in [7, 11) is 0. The smallest absolute Gasteiger partial charge is 0.262 e. The first-order valence-corrected chi connectivity index (χ1v) is 11.1. The summed E-state index contributed by atoms with van der Waals surface area (Å²) in [6, 6.07) is 13.2. The molecule has 1 aliphatic heterocycles. The maximum atomic E-state index is 13.1. The summed E-state index contributed by atoms with van der Waals surface area (Å²) in [6.45, 7) is 7.67. The summed E-state index contributed by atoms with van der Waals surface area (Å²) in [4.78, 5) is 32.6. The number of carbonyl (C=O) groups is 1. The molecular weight excluding hydrogens is 398 g/mol. The van der Waals surface area contributed by atoms with Gasteiger partial charge in [-0.25, -0.2) is 4.98 Å². The van der Waals surface area contributed by atoms with E-state index in [4.69, 9.17) is 9.72 Å². The Bertz CT molecular complexity index is 1160. The van der Waals surface area contributed by atoms with Gasteiger partial charge in [0.2, 0.25) is 5.91 Å². The Kier molecular flexibility index (Phi) is 5.81. The number of para-hydroxylation sites is 1. The molecule has 0 saturated heterocycles. The molecule has 1 aromatic heterocycles. The van der Waals surface area contributed by atoms with Crippen LogP contribution in [0.2, 0.25) is 0 Å². The summed E-state index contributed by atoms with van der Waals surface area (Å²) < 4.78 is 7.39. The minimum absolute atomic E-state index is 0.0198. The highest BCUT2D eigenvalue weighted by molar-refractivity contribution is 7.99. The predicted molar refractivity (Wildman–Crippen MR) is 121 cm³/mol. The fourth-order valence-electron chi connectivity index (χ4n) is 3.57. The summed E-state index contributed by atoms with van der Waals surface area (Å²) in [5.41, 5.74) is 2.48. The second-order valence-corrected chi connectivity index (χ2v) is 8.82. The average Bonchev–Trinajstić information content (AvgIpc) is 2.73. The molecule has 30 heavy (non-hydrogen) atoms. The van der Waals surface area contributed by atoms with Crippen LogP contribution in [0.3, 0.4) is 0 Å². The molecule has 2 aromatic carbocycles. The van der Waals surface area contributed by atoms with Crippen LogP contribution in [0.25, 0.3) is 10.9 Å². The number of hydrogen-bond donors (Lipinski definition) is 0. The van der Waals surface area contributed by atoms with Crippen LogP contribution < -0.4 is 15.2 Å². The maximum absolute atomic E-state index is 13.1. The highest BCUT2D eigenvalue weighted by Gasteiger charge is 2.24. The number of amides is 1. The molecule has 0 spiro atoms. The molecule has 1 aliphatic rings. The van der Waals surface area contributed by atoms with E-state index in [-0.39, 0.29) is 23.1 Å². The van der Waals surface area contributed by atoms with Gasteiger partial charge in [0, 0.05) is 6.54 Å². The Balaban J connectivity index is 1.62. The number of anilines is 1. The van der Waals surface area contributed by atoms with E-state index in [0.29, 0.717) is 35.8 Å². The summed E-state index contributed by atoms with van der Waals surface area (Å²) in [5.74, 6) is 1.20. The fraction of sp³-hybridized carbons (Fsp3) is 0.348. The number of carbonyl (C=O) groups excluding carboxylic acids is 1. The van der Waals surface area contributed by atoms with Gasteiger partial charge in [0.15, 0.2) is 5.16 Å². The number of benzene rings is 2. The van der Waals surface area contributed by atoms with E-state index in [0.717, 1.165) is 17.0 Å². The van der Waals surface area contributed by atoms with Crippen molar-refractivity contribution in [1.82, 2.24) is 9.55 Å². The molecule has 2 heterocycles. The lowest BCUT2D eigenvalue weighted by Crippen LogP contribution is -2.39. The van der Waals surface area contributed by atoms with E-state index in [2.05, 4.69) is 13.8 Å². The van der Waals surface area contributed by atoms with Crippen molar-refractivity contribution < 1.29 is 9.53 Å². The van der Waals surface area contributed by atoms with Crippen molar-refractivity contribution >= 4 is 34.3 Å². The molecule has 7 heteroatoms. The topological polar surface area (TPSA) is 64.4 Å². The third-order valence-electron chi connectivity index (χ3n) is 4.98. The van der Waals surface area contributed by atoms with Crippen LogP contribution in [0.5, 0.6) is 5.75 Å². The standard InChI is InChI=1S/C23H25N3O3S/c1-15(2)13-26-22(28)17-6-4-5-7-18(17)24-23(26)30-14-21(27)25-10-11-29-20-9-8-16(3)12-19(20)25/h4-9,12,15H,10-11,13-14H2,1-3H3. The van der Waals surface area contributed by atoms with Crippen molar-refractivity contribution in [1.29, 1.82) is 0 Å². The first-order chi connectivity index (χ1) is 14.4. The molecular formula is C23H25N3O3S.